The van der Waals surface area contributed by atoms with Crippen LogP contribution in [0, 0.1) is 17.1 Å². The Bertz CT molecular complexity index is 532. The van der Waals surface area contributed by atoms with Gasteiger partial charge in [0.25, 0.3) is 0 Å². The molecule has 1 rings (SSSR count). The molecule has 0 unspecified atom stereocenters. The SMILES string of the molecule is CC(C)(C)OC(=O)N[C@H](CO)c1ccc(F)c(C#N)c1. The predicted molar refractivity (Wildman–Crippen MR) is 70.3 cm³/mol. The molecular formula is C14H17FN2O3. The standard InChI is InChI=1S/C14H17FN2O3/c1-14(2,3)20-13(19)17-12(8-18)9-4-5-11(15)10(6-9)7-16/h4-6,12,18H,8H2,1-3H3,(H,17,19)/t12-/m1/s1. The number of nitrogens with zero attached hydrogens (tertiary/aromatic N) is 1. The van der Waals surface area contributed by atoms with Gasteiger partial charge in [-0.05, 0) is 38.5 Å². The molecule has 0 fully saturated rings. The van der Waals surface area contributed by atoms with Crippen molar-refractivity contribution >= 4 is 6.09 Å². The van der Waals surface area contributed by atoms with Crippen LogP contribution < -0.4 is 5.32 Å². The van der Waals surface area contributed by atoms with Crippen molar-refractivity contribution in [1.82, 2.24) is 5.32 Å². The van der Waals surface area contributed by atoms with Gasteiger partial charge in [-0.3, -0.25) is 0 Å². The van der Waals surface area contributed by atoms with Gasteiger partial charge in [0.2, 0.25) is 0 Å². The van der Waals surface area contributed by atoms with Crippen LogP contribution in [0.4, 0.5) is 9.18 Å². The summed E-state index contributed by atoms with van der Waals surface area (Å²) in [6.45, 7) is 4.75. The second kappa shape index (κ2) is 6.35. The highest BCUT2D eigenvalue weighted by Gasteiger charge is 2.20. The van der Waals surface area contributed by atoms with Crippen molar-refractivity contribution in [1.29, 1.82) is 5.26 Å². The second-order valence-corrected chi connectivity index (χ2v) is 5.23. The van der Waals surface area contributed by atoms with Crippen LogP contribution in [0.15, 0.2) is 18.2 Å². The Balaban J connectivity index is 2.87. The Hall–Kier alpha value is -2.13. The zero-order chi connectivity index (χ0) is 15.3. The van der Waals surface area contributed by atoms with E-state index in [2.05, 4.69) is 5.32 Å². The number of nitriles is 1. The third kappa shape index (κ3) is 4.52. The van der Waals surface area contributed by atoms with Gasteiger partial charge in [0.1, 0.15) is 17.5 Å². The maximum Gasteiger partial charge on any atom is 0.408 e. The van der Waals surface area contributed by atoms with Crippen LogP contribution in [0.25, 0.3) is 0 Å². The minimum absolute atomic E-state index is 0.146. The lowest BCUT2D eigenvalue weighted by molar-refractivity contribution is 0.0482. The summed E-state index contributed by atoms with van der Waals surface area (Å²) in [6, 6.07) is 4.74. The maximum absolute atomic E-state index is 13.2. The minimum atomic E-state index is -0.766. The maximum atomic E-state index is 13.2. The van der Waals surface area contributed by atoms with E-state index in [0.29, 0.717) is 5.56 Å². The summed E-state index contributed by atoms with van der Waals surface area (Å²) in [6.07, 6.45) is -0.695. The minimum Gasteiger partial charge on any atom is -0.444 e. The Morgan fingerprint density at radius 3 is 2.70 bits per heavy atom. The summed E-state index contributed by atoms with van der Waals surface area (Å²) in [5.74, 6) is -0.648. The van der Waals surface area contributed by atoms with E-state index in [9.17, 15) is 14.3 Å². The third-order valence-corrected chi connectivity index (χ3v) is 2.39. The first-order valence-corrected chi connectivity index (χ1v) is 6.06. The van der Waals surface area contributed by atoms with Crippen LogP contribution in [0.3, 0.4) is 0 Å². The molecule has 5 nitrogen and oxygen atoms in total. The predicted octanol–water partition coefficient (Wildman–Crippen LogP) is 2.26. The molecule has 1 amide bonds. The first-order chi connectivity index (χ1) is 9.26. The number of rotatable bonds is 3. The number of ether oxygens (including phenoxy) is 1. The Morgan fingerprint density at radius 1 is 1.55 bits per heavy atom. The van der Waals surface area contributed by atoms with E-state index in [1.165, 1.54) is 12.1 Å². The molecule has 0 aliphatic heterocycles. The van der Waals surface area contributed by atoms with E-state index >= 15 is 0 Å². The van der Waals surface area contributed by atoms with Crippen LogP contribution in [-0.2, 0) is 4.74 Å². The van der Waals surface area contributed by atoms with Crippen molar-refractivity contribution < 1.29 is 19.0 Å². The van der Waals surface area contributed by atoms with Gasteiger partial charge in [-0.25, -0.2) is 9.18 Å². The normalized spacial score (nSPS) is 12.4. The fourth-order valence-electron chi connectivity index (χ4n) is 1.53. The van der Waals surface area contributed by atoms with Crippen molar-refractivity contribution in [2.24, 2.45) is 0 Å². The molecule has 2 N–H and O–H groups in total. The first-order valence-electron chi connectivity index (χ1n) is 6.06. The summed E-state index contributed by atoms with van der Waals surface area (Å²) in [5, 5.41) is 20.5. The summed E-state index contributed by atoms with van der Waals surface area (Å²) in [7, 11) is 0. The number of aliphatic hydroxyl groups is 1. The average Bonchev–Trinajstić information content (AvgIpc) is 2.34. The van der Waals surface area contributed by atoms with Gasteiger partial charge in [0.15, 0.2) is 0 Å². The van der Waals surface area contributed by atoms with E-state index in [1.54, 1.807) is 26.8 Å². The Labute approximate surface area is 117 Å². The van der Waals surface area contributed by atoms with Gasteiger partial charge in [-0.2, -0.15) is 5.26 Å². The molecule has 0 saturated carbocycles. The fourth-order valence-corrected chi connectivity index (χ4v) is 1.53. The third-order valence-electron chi connectivity index (χ3n) is 2.39. The molecule has 0 radical (unpaired) electrons. The molecule has 0 saturated heterocycles. The van der Waals surface area contributed by atoms with Crippen molar-refractivity contribution in [3.05, 3.63) is 35.1 Å². The number of alkyl carbamates (subject to hydrolysis) is 1. The van der Waals surface area contributed by atoms with E-state index in [4.69, 9.17) is 10.00 Å². The monoisotopic (exact) mass is 280 g/mol. The van der Waals surface area contributed by atoms with Crippen LogP contribution in [-0.4, -0.2) is 23.4 Å². The first kappa shape index (κ1) is 15.9. The average molecular weight is 280 g/mol. The number of carbonyl (C=O) groups excluding carboxylic acids is 1. The van der Waals surface area contributed by atoms with Crippen molar-refractivity contribution in [3.63, 3.8) is 0 Å². The van der Waals surface area contributed by atoms with Gasteiger partial charge in [-0.15, -0.1) is 0 Å². The molecule has 6 heteroatoms. The van der Waals surface area contributed by atoms with Crippen molar-refractivity contribution in [2.45, 2.75) is 32.4 Å². The zero-order valence-electron chi connectivity index (χ0n) is 11.6. The lowest BCUT2D eigenvalue weighted by Gasteiger charge is -2.23. The topological polar surface area (TPSA) is 82.3 Å². The smallest absolute Gasteiger partial charge is 0.408 e. The highest BCUT2D eigenvalue weighted by atomic mass is 19.1. The molecule has 0 aromatic heterocycles. The lowest BCUT2D eigenvalue weighted by Crippen LogP contribution is -2.36. The molecule has 20 heavy (non-hydrogen) atoms. The quantitative estimate of drug-likeness (QED) is 0.889. The molecular weight excluding hydrogens is 263 g/mol. The number of hydrogen-bond donors (Lipinski definition) is 2. The number of amides is 1. The van der Waals surface area contributed by atoms with Crippen LogP contribution in [0.2, 0.25) is 0 Å². The van der Waals surface area contributed by atoms with E-state index < -0.39 is 30.2 Å². The molecule has 0 spiro atoms. The molecule has 1 atom stereocenters. The van der Waals surface area contributed by atoms with Gasteiger partial charge in [-0.1, -0.05) is 6.07 Å². The molecule has 0 aliphatic carbocycles. The lowest BCUT2D eigenvalue weighted by atomic mass is 10.0. The van der Waals surface area contributed by atoms with Gasteiger partial charge >= 0.3 is 6.09 Å². The molecule has 108 valence electrons. The number of benzene rings is 1. The molecule has 0 heterocycles. The highest BCUT2D eigenvalue weighted by molar-refractivity contribution is 5.68. The number of hydrogen-bond acceptors (Lipinski definition) is 4. The number of nitrogens with one attached hydrogen (secondary N) is 1. The highest BCUT2D eigenvalue weighted by Crippen LogP contribution is 2.17. The van der Waals surface area contributed by atoms with Gasteiger partial charge in [0.05, 0.1) is 18.2 Å². The summed E-state index contributed by atoms with van der Waals surface area (Å²) < 4.78 is 18.3. The van der Waals surface area contributed by atoms with Gasteiger partial charge < -0.3 is 15.2 Å². The van der Waals surface area contributed by atoms with Crippen LogP contribution in [0.5, 0.6) is 0 Å². The van der Waals surface area contributed by atoms with Crippen molar-refractivity contribution in [2.75, 3.05) is 6.61 Å². The van der Waals surface area contributed by atoms with Crippen LogP contribution >= 0.6 is 0 Å². The summed E-state index contributed by atoms with van der Waals surface area (Å²) in [4.78, 5) is 11.6. The second-order valence-electron chi connectivity index (χ2n) is 5.23. The number of carbonyl (C=O) groups is 1. The van der Waals surface area contributed by atoms with Gasteiger partial charge in [0, 0.05) is 0 Å². The van der Waals surface area contributed by atoms with E-state index in [0.717, 1.165) is 6.07 Å². The number of aliphatic hydroxyl groups excluding tert-OH is 1. The summed E-state index contributed by atoms with van der Waals surface area (Å²) >= 11 is 0. The van der Waals surface area contributed by atoms with E-state index in [-0.39, 0.29) is 5.56 Å². The Morgan fingerprint density at radius 2 is 2.20 bits per heavy atom. The fraction of sp³-hybridized carbons (Fsp3) is 0.429. The molecule has 1 aromatic rings. The molecule has 0 aliphatic rings. The molecule has 0 bridgehead atoms. The Kier molecular flexibility index (Phi) is 5.06. The number of halogens is 1. The van der Waals surface area contributed by atoms with Crippen LogP contribution in [0.1, 0.15) is 37.9 Å². The molecule has 1 aromatic carbocycles. The zero-order valence-corrected chi connectivity index (χ0v) is 11.6. The van der Waals surface area contributed by atoms with E-state index in [1.807, 2.05) is 0 Å². The van der Waals surface area contributed by atoms with Crippen molar-refractivity contribution in [3.8, 4) is 6.07 Å². The largest absolute Gasteiger partial charge is 0.444 e. The summed E-state index contributed by atoms with van der Waals surface area (Å²) in [5.41, 5.74) is -0.381.